The maximum absolute atomic E-state index is 12.9. The molecule has 4 heterocycles. The van der Waals surface area contributed by atoms with Crippen molar-refractivity contribution in [2.45, 2.75) is 31.6 Å². The minimum Gasteiger partial charge on any atom is -0.481 e. The van der Waals surface area contributed by atoms with Gasteiger partial charge in [-0.1, -0.05) is 0 Å². The normalized spacial score (nSPS) is 16.2. The first-order valence-electron chi connectivity index (χ1n) is 9.26. The Hall–Kier alpha value is -3.37. The fourth-order valence-electron chi connectivity index (χ4n) is 3.50. The third kappa shape index (κ3) is 3.74. The molecule has 1 aliphatic rings. The van der Waals surface area contributed by atoms with Gasteiger partial charge in [-0.25, -0.2) is 4.98 Å². The predicted molar refractivity (Wildman–Crippen MR) is 99.7 cm³/mol. The number of hydrogen-bond donors (Lipinski definition) is 1. The van der Waals surface area contributed by atoms with Crippen LogP contribution in [0.1, 0.15) is 40.8 Å². The smallest absolute Gasteiger partial charge is 0.435 e. The molecule has 0 radical (unpaired) electrons. The van der Waals surface area contributed by atoms with E-state index in [0.29, 0.717) is 24.5 Å². The van der Waals surface area contributed by atoms with Crippen LogP contribution in [0.25, 0.3) is 11.3 Å². The molecule has 158 valence electrons. The fraction of sp³-hybridized carbons (Fsp3) is 0.368. The van der Waals surface area contributed by atoms with Crippen LogP contribution < -0.4 is 10.1 Å². The summed E-state index contributed by atoms with van der Waals surface area (Å²) >= 11 is 0. The van der Waals surface area contributed by atoms with Gasteiger partial charge in [-0.15, -0.1) is 0 Å². The third-order valence-electron chi connectivity index (χ3n) is 4.98. The molecule has 0 saturated carbocycles. The van der Waals surface area contributed by atoms with Gasteiger partial charge in [-0.05, 0) is 25.0 Å². The lowest BCUT2D eigenvalue weighted by molar-refractivity contribution is -0.141. The Morgan fingerprint density at radius 1 is 1.27 bits per heavy atom. The molecule has 3 aromatic heterocycles. The lowest BCUT2D eigenvalue weighted by Crippen LogP contribution is -2.33. The van der Waals surface area contributed by atoms with E-state index in [1.54, 1.807) is 23.0 Å². The fourth-order valence-corrected chi connectivity index (χ4v) is 3.50. The van der Waals surface area contributed by atoms with Gasteiger partial charge in [-0.3, -0.25) is 14.2 Å². The lowest BCUT2D eigenvalue weighted by atomic mass is 10.0. The third-order valence-corrected chi connectivity index (χ3v) is 4.98. The van der Waals surface area contributed by atoms with Crippen molar-refractivity contribution in [2.24, 2.45) is 7.05 Å². The van der Waals surface area contributed by atoms with Gasteiger partial charge in [0.05, 0.1) is 24.5 Å². The molecule has 4 rings (SSSR count). The number of methoxy groups -OCH3 is 1. The Bertz CT molecular complexity index is 1090. The molecule has 0 saturated heterocycles. The molecule has 1 atom stereocenters. The van der Waals surface area contributed by atoms with Crippen LogP contribution in [-0.2, 0) is 19.8 Å². The number of carbonyl (C=O) groups excluding carboxylic acids is 1. The van der Waals surface area contributed by atoms with E-state index in [0.717, 1.165) is 28.4 Å². The molecule has 0 aliphatic carbocycles. The number of carbonyl (C=O) groups is 1. The van der Waals surface area contributed by atoms with Gasteiger partial charge in [0, 0.05) is 37.5 Å². The summed E-state index contributed by atoms with van der Waals surface area (Å²) < 4.78 is 46.5. The van der Waals surface area contributed by atoms with Gasteiger partial charge in [0.2, 0.25) is 5.88 Å². The maximum atomic E-state index is 12.9. The van der Waals surface area contributed by atoms with Crippen molar-refractivity contribution in [1.82, 2.24) is 29.9 Å². The Balaban J connectivity index is 1.59. The molecule has 1 aliphatic heterocycles. The first kappa shape index (κ1) is 19.9. The highest BCUT2D eigenvalue weighted by Gasteiger charge is 2.36. The highest BCUT2D eigenvalue weighted by atomic mass is 19.4. The first-order valence-corrected chi connectivity index (χ1v) is 9.26. The number of hydrogen-bond acceptors (Lipinski definition) is 5. The maximum Gasteiger partial charge on any atom is 0.435 e. The highest BCUT2D eigenvalue weighted by molar-refractivity contribution is 5.93. The van der Waals surface area contributed by atoms with Crippen LogP contribution in [0.5, 0.6) is 5.88 Å². The summed E-state index contributed by atoms with van der Waals surface area (Å²) in [5.74, 6) is -0.160. The topological polar surface area (TPSA) is 86.9 Å². The van der Waals surface area contributed by atoms with Crippen molar-refractivity contribution >= 4 is 5.91 Å². The predicted octanol–water partition coefficient (Wildman–Crippen LogP) is 2.97. The van der Waals surface area contributed by atoms with E-state index < -0.39 is 17.8 Å². The van der Waals surface area contributed by atoms with Crippen LogP contribution in [-0.4, -0.2) is 37.6 Å². The second-order valence-corrected chi connectivity index (χ2v) is 6.97. The summed E-state index contributed by atoms with van der Waals surface area (Å²) in [4.78, 5) is 16.7. The zero-order valence-electron chi connectivity index (χ0n) is 16.3. The van der Waals surface area contributed by atoms with E-state index >= 15 is 0 Å². The second kappa shape index (κ2) is 7.47. The molecule has 0 bridgehead atoms. The second-order valence-electron chi connectivity index (χ2n) is 6.97. The summed E-state index contributed by atoms with van der Waals surface area (Å²) in [5, 5.41) is 10.8. The van der Waals surface area contributed by atoms with Crippen molar-refractivity contribution in [1.29, 1.82) is 0 Å². The van der Waals surface area contributed by atoms with Crippen LogP contribution in [0, 0.1) is 0 Å². The van der Waals surface area contributed by atoms with Gasteiger partial charge in [-0.2, -0.15) is 23.4 Å². The van der Waals surface area contributed by atoms with E-state index in [-0.39, 0.29) is 11.7 Å². The molecule has 1 unspecified atom stereocenters. The molecule has 1 N–H and O–H groups in total. The lowest BCUT2D eigenvalue weighted by Gasteiger charge is -2.24. The molecule has 11 heteroatoms. The number of nitrogens with zero attached hydrogens (tertiary/aromatic N) is 5. The highest BCUT2D eigenvalue weighted by Crippen LogP contribution is 2.31. The number of pyridine rings is 1. The molecular formula is C19H19F3N6O2. The van der Waals surface area contributed by atoms with Crippen LogP contribution in [0.3, 0.4) is 0 Å². The molecule has 30 heavy (non-hydrogen) atoms. The average molecular weight is 420 g/mol. The van der Waals surface area contributed by atoms with Crippen LogP contribution in [0.4, 0.5) is 13.2 Å². The van der Waals surface area contributed by atoms with E-state index in [9.17, 15) is 18.0 Å². The van der Waals surface area contributed by atoms with Crippen molar-refractivity contribution in [3.63, 3.8) is 0 Å². The molecule has 0 aromatic carbocycles. The van der Waals surface area contributed by atoms with Gasteiger partial charge >= 0.3 is 6.18 Å². The number of rotatable bonds is 4. The van der Waals surface area contributed by atoms with Crippen molar-refractivity contribution < 1.29 is 22.7 Å². The Labute approximate surface area is 169 Å². The van der Waals surface area contributed by atoms with Crippen molar-refractivity contribution in [2.75, 3.05) is 7.11 Å². The number of ether oxygens (including phenoxy) is 1. The number of aryl methyl sites for hydroxylation is 2. The SMILES string of the molecule is COc1cc(-c2cc3n(n2)CCCC3NC(=O)c2cc(C(F)(F)F)nn2C)ccn1. The summed E-state index contributed by atoms with van der Waals surface area (Å²) in [6.45, 7) is 0.688. The summed E-state index contributed by atoms with van der Waals surface area (Å²) in [5.41, 5.74) is 1.05. The summed E-state index contributed by atoms with van der Waals surface area (Å²) in [6.07, 6.45) is -1.56. The van der Waals surface area contributed by atoms with Crippen LogP contribution >= 0.6 is 0 Å². The number of alkyl halides is 3. The molecule has 0 fully saturated rings. The minimum absolute atomic E-state index is 0.155. The largest absolute Gasteiger partial charge is 0.481 e. The van der Waals surface area contributed by atoms with Crippen molar-refractivity contribution in [3.05, 3.63) is 47.5 Å². The molecule has 8 nitrogen and oxygen atoms in total. The number of fused-ring (bicyclic) bond motifs is 1. The van der Waals surface area contributed by atoms with E-state index in [1.807, 2.05) is 6.07 Å². The number of amides is 1. The zero-order chi connectivity index (χ0) is 21.5. The quantitative estimate of drug-likeness (QED) is 0.701. The summed E-state index contributed by atoms with van der Waals surface area (Å²) in [7, 11) is 2.84. The Morgan fingerprint density at radius 2 is 2.07 bits per heavy atom. The molecule has 0 spiro atoms. The monoisotopic (exact) mass is 420 g/mol. The van der Waals surface area contributed by atoms with Gasteiger partial charge in [0.1, 0.15) is 5.69 Å². The Kier molecular flexibility index (Phi) is 4.96. The molecule has 1 amide bonds. The Morgan fingerprint density at radius 3 is 2.77 bits per heavy atom. The van der Waals surface area contributed by atoms with Gasteiger partial charge < -0.3 is 10.1 Å². The minimum atomic E-state index is -4.61. The first-order chi connectivity index (χ1) is 14.3. The van der Waals surface area contributed by atoms with Crippen LogP contribution in [0.15, 0.2) is 30.5 Å². The van der Waals surface area contributed by atoms with E-state index in [4.69, 9.17) is 4.74 Å². The number of aromatic nitrogens is 5. The van der Waals surface area contributed by atoms with Crippen molar-refractivity contribution in [3.8, 4) is 17.1 Å². The van der Waals surface area contributed by atoms with Gasteiger partial charge in [0.25, 0.3) is 5.91 Å². The van der Waals surface area contributed by atoms with E-state index in [2.05, 4.69) is 20.5 Å². The van der Waals surface area contributed by atoms with E-state index in [1.165, 1.54) is 14.2 Å². The number of halogens is 3. The van der Waals surface area contributed by atoms with Crippen LogP contribution in [0.2, 0.25) is 0 Å². The molecule has 3 aromatic rings. The zero-order valence-corrected chi connectivity index (χ0v) is 16.3. The standard InChI is InChI=1S/C19H19F3N6O2/c1-27-15(10-16(26-27)19(20,21)22)18(29)24-12-4-3-7-28-14(12)9-13(25-28)11-5-6-23-17(8-11)30-2/h5-6,8-10,12H,3-4,7H2,1-2H3,(H,24,29). The average Bonchev–Trinajstić information content (AvgIpc) is 3.32. The molecular weight excluding hydrogens is 401 g/mol. The number of nitrogens with one attached hydrogen (secondary N) is 1. The van der Waals surface area contributed by atoms with Gasteiger partial charge in [0.15, 0.2) is 5.69 Å². The summed E-state index contributed by atoms with van der Waals surface area (Å²) in [6, 6.07) is 5.81.